The number of nitrogens with one attached hydrogen (secondary N) is 3. The van der Waals surface area contributed by atoms with Crippen LogP contribution < -0.4 is 14.8 Å². The van der Waals surface area contributed by atoms with Crippen LogP contribution in [0.3, 0.4) is 0 Å². The lowest BCUT2D eigenvalue weighted by Crippen LogP contribution is -2.26. The first-order chi connectivity index (χ1) is 14.3. The van der Waals surface area contributed by atoms with Gasteiger partial charge in [0.2, 0.25) is 0 Å². The number of methoxy groups -OCH3 is 1. The molecular weight excluding hydrogens is 426 g/mol. The lowest BCUT2D eigenvalue weighted by atomic mass is 10.2. The first-order valence-corrected chi connectivity index (χ1v) is 10.8. The summed E-state index contributed by atoms with van der Waals surface area (Å²) in [4.78, 5) is 12.3. The highest BCUT2D eigenvalue weighted by Crippen LogP contribution is 2.19. The Kier molecular flexibility index (Phi) is 6.53. The van der Waals surface area contributed by atoms with Crippen molar-refractivity contribution in [2.45, 2.75) is 11.3 Å². The number of benzene rings is 2. The highest BCUT2D eigenvalue weighted by atomic mass is 32.2. The summed E-state index contributed by atoms with van der Waals surface area (Å²) >= 11 is 5.04. The first-order valence-electron chi connectivity index (χ1n) is 8.95. The average molecular weight is 448 g/mol. The fraction of sp³-hybridized carbons (Fsp3) is 0.211. The lowest BCUT2D eigenvalue weighted by Gasteiger charge is -2.10. The van der Waals surface area contributed by atoms with Gasteiger partial charge in [-0.15, -0.1) is 0 Å². The quantitative estimate of drug-likeness (QED) is 0.456. The summed E-state index contributed by atoms with van der Waals surface area (Å²) in [6, 6.07) is 12.2. The SMILES string of the molecule is COc1ccc(NS(=O)(=O)c2ccc(C(=O)NCCc3n[nH]c(=S)n3C)cc2)cc1. The second-order valence-electron chi connectivity index (χ2n) is 6.37. The number of carbonyl (C=O) groups excluding carboxylic acids is 1. The Labute approximate surface area is 179 Å². The fourth-order valence-electron chi connectivity index (χ4n) is 2.65. The van der Waals surface area contributed by atoms with E-state index in [1.54, 1.807) is 35.9 Å². The maximum absolute atomic E-state index is 12.5. The molecule has 0 aliphatic rings. The molecule has 11 heteroatoms. The molecule has 9 nitrogen and oxygen atoms in total. The molecule has 0 fully saturated rings. The number of hydrogen-bond acceptors (Lipinski definition) is 6. The third-order valence-corrected chi connectivity index (χ3v) is 6.14. The number of ether oxygens (including phenoxy) is 1. The highest BCUT2D eigenvalue weighted by molar-refractivity contribution is 7.92. The van der Waals surface area contributed by atoms with Crippen molar-refractivity contribution in [3.63, 3.8) is 0 Å². The third-order valence-electron chi connectivity index (χ3n) is 4.38. The molecule has 0 spiro atoms. The number of anilines is 1. The molecule has 0 bridgehead atoms. The van der Waals surface area contributed by atoms with Crippen molar-refractivity contribution < 1.29 is 17.9 Å². The Morgan fingerprint density at radius 3 is 2.40 bits per heavy atom. The number of aromatic amines is 1. The number of sulfonamides is 1. The van der Waals surface area contributed by atoms with Crippen LogP contribution >= 0.6 is 12.2 Å². The van der Waals surface area contributed by atoms with Gasteiger partial charge in [0.15, 0.2) is 4.77 Å². The molecule has 158 valence electrons. The number of carbonyl (C=O) groups is 1. The van der Waals surface area contributed by atoms with Gasteiger partial charge in [-0.25, -0.2) is 8.42 Å². The van der Waals surface area contributed by atoms with Crippen molar-refractivity contribution >= 4 is 33.8 Å². The Morgan fingerprint density at radius 1 is 1.17 bits per heavy atom. The smallest absolute Gasteiger partial charge is 0.261 e. The standard InChI is InChI=1S/C19H21N5O4S2/c1-24-17(21-22-19(24)29)11-12-20-18(25)13-3-9-16(10-4-13)30(26,27)23-14-5-7-15(28-2)8-6-14/h3-10,23H,11-12H2,1-2H3,(H,20,25)(H,22,29). The van der Waals surface area contributed by atoms with Crippen molar-refractivity contribution in [3.8, 4) is 5.75 Å². The second-order valence-corrected chi connectivity index (χ2v) is 8.44. The van der Waals surface area contributed by atoms with E-state index in [-0.39, 0.29) is 10.8 Å². The minimum absolute atomic E-state index is 0.0522. The monoisotopic (exact) mass is 447 g/mol. The molecule has 3 aromatic rings. The molecular formula is C19H21N5O4S2. The van der Waals surface area contributed by atoms with E-state index in [2.05, 4.69) is 20.2 Å². The van der Waals surface area contributed by atoms with Crippen LogP contribution in [-0.2, 0) is 23.5 Å². The summed E-state index contributed by atoms with van der Waals surface area (Å²) < 4.78 is 34.9. The van der Waals surface area contributed by atoms with Crippen LogP contribution in [-0.4, -0.2) is 42.7 Å². The summed E-state index contributed by atoms with van der Waals surface area (Å²) in [6.45, 7) is 0.366. The van der Waals surface area contributed by atoms with E-state index in [9.17, 15) is 13.2 Å². The molecule has 0 saturated heterocycles. The van der Waals surface area contributed by atoms with E-state index in [0.717, 1.165) is 5.82 Å². The number of nitrogens with zero attached hydrogens (tertiary/aromatic N) is 2. The molecule has 2 aromatic carbocycles. The predicted octanol–water partition coefficient (Wildman–Crippen LogP) is 2.26. The minimum Gasteiger partial charge on any atom is -0.497 e. The van der Waals surface area contributed by atoms with E-state index in [1.165, 1.54) is 31.4 Å². The number of H-pyrrole nitrogens is 1. The molecule has 0 saturated carbocycles. The van der Waals surface area contributed by atoms with Gasteiger partial charge in [-0.05, 0) is 60.7 Å². The topological polar surface area (TPSA) is 118 Å². The predicted molar refractivity (Wildman–Crippen MR) is 115 cm³/mol. The Bertz CT molecular complexity index is 1180. The second kappa shape index (κ2) is 9.09. The zero-order valence-electron chi connectivity index (χ0n) is 16.4. The first kappa shape index (κ1) is 21.5. The van der Waals surface area contributed by atoms with Gasteiger partial charge >= 0.3 is 0 Å². The van der Waals surface area contributed by atoms with Gasteiger partial charge in [0.1, 0.15) is 11.6 Å². The van der Waals surface area contributed by atoms with Gasteiger partial charge in [0.05, 0.1) is 12.0 Å². The number of rotatable bonds is 8. The van der Waals surface area contributed by atoms with Crippen LogP contribution in [0.5, 0.6) is 5.75 Å². The highest BCUT2D eigenvalue weighted by Gasteiger charge is 2.15. The van der Waals surface area contributed by atoms with Gasteiger partial charge in [0.25, 0.3) is 15.9 Å². The zero-order valence-corrected chi connectivity index (χ0v) is 18.0. The van der Waals surface area contributed by atoms with Crippen molar-refractivity contribution in [2.24, 2.45) is 7.05 Å². The molecule has 0 atom stereocenters. The number of amides is 1. The normalized spacial score (nSPS) is 11.1. The van der Waals surface area contributed by atoms with E-state index in [4.69, 9.17) is 17.0 Å². The third kappa shape index (κ3) is 5.05. The van der Waals surface area contributed by atoms with Crippen LogP contribution in [0.4, 0.5) is 5.69 Å². The summed E-state index contributed by atoms with van der Waals surface area (Å²) in [6.07, 6.45) is 0.508. The summed E-state index contributed by atoms with van der Waals surface area (Å²) in [7, 11) is -0.451. The maximum Gasteiger partial charge on any atom is 0.261 e. The van der Waals surface area contributed by atoms with Crippen molar-refractivity contribution in [1.29, 1.82) is 0 Å². The van der Waals surface area contributed by atoms with Gasteiger partial charge in [-0.3, -0.25) is 14.6 Å². The zero-order chi connectivity index (χ0) is 21.7. The van der Waals surface area contributed by atoms with Crippen LogP contribution in [0.1, 0.15) is 16.2 Å². The molecule has 0 unspecified atom stereocenters. The summed E-state index contributed by atoms with van der Waals surface area (Å²) in [5.74, 6) is 1.05. The maximum atomic E-state index is 12.5. The minimum atomic E-state index is -3.78. The van der Waals surface area contributed by atoms with Gasteiger partial charge in [-0.2, -0.15) is 5.10 Å². The molecule has 1 aromatic heterocycles. The Balaban J connectivity index is 1.60. The average Bonchev–Trinajstić information content (AvgIpc) is 3.06. The van der Waals surface area contributed by atoms with Crippen LogP contribution in [0.2, 0.25) is 0 Å². The molecule has 0 aliphatic heterocycles. The van der Waals surface area contributed by atoms with E-state index >= 15 is 0 Å². The van der Waals surface area contributed by atoms with Gasteiger partial charge in [-0.1, -0.05) is 0 Å². The largest absolute Gasteiger partial charge is 0.497 e. The molecule has 3 rings (SSSR count). The van der Waals surface area contributed by atoms with Gasteiger partial charge < -0.3 is 14.6 Å². The van der Waals surface area contributed by atoms with Crippen LogP contribution in [0.25, 0.3) is 0 Å². The molecule has 1 heterocycles. The van der Waals surface area contributed by atoms with E-state index < -0.39 is 10.0 Å². The van der Waals surface area contributed by atoms with Gasteiger partial charge in [0, 0.05) is 31.3 Å². The molecule has 0 radical (unpaired) electrons. The lowest BCUT2D eigenvalue weighted by molar-refractivity contribution is 0.0954. The molecule has 3 N–H and O–H groups in total. The van der Waals surface area contributed by atoms with Crippen LogP contribution in [0, 0.1) is 4.77 Å². The molecule has 30 heavy (non-hydrogen) atoms. The van der Waals surface area contributed by atoms with E-state index in [1.807, 2.05) is 0 Å². The van der Waals surface area contributed by atoms with Crippen molar-refractivity contribution in [3.05, 3.63) is 64.7 Å². The summed E-state index contributed by atoms with van der Waals surface area (Å²) in [5.41, 5.74) is 0.764. The number of hydrogen-bond donors (Lipinski definition) is 3. The number of aromatic nitrogens is 3. The van der Waals surface area contributed by atoms with Crippen molar-refractivity contribution in [2.75, 3.05) is 18.4 Å². The molecule has 0 aliphatic carbocycles. The summed E-state index contributed by atoms with van der Waals surface area (Å²) in [5, 5.41) is 9.54. The Hall–Kier alpha value is -3.18. The van der Waals surface area contributed by atoms with Crippen LogP contribution in [0.15, 0.2) is 53.4 Å². The fourth-order valence-corrected chi connectivity index (χ4v) is 3.86. The Morgan fingerprint density at radius 2 is 1.83 bits per heavy atom. The van der Waals surface area contributed by atoms with E-state index in [0.29, 0.717) is 34.7 Å². The molecule has 1 amide bonds. The van der Waals surface area contributed by atoms with Crippen molar-refractivity contribution in [1.82, 2.24) is 20.1 Å².